The van der Waals surface area contributed by atoms with Crippen molar-refractivity contribution in [3.05, 3.63) is 39.4 Å². The maximum absolute atomic E-state index is 13.0. The number of rotatable bonds is 4. The van der Waals surface area contributed by atoms with Gasteiger partial charge in [0.15, 0.2) is 0 Å². The van der Waals surface area contributed by atoms with Gasteiger partial charge in [0, 0.05) is 17.2 Å². The molecule has 9 heteroatoms. The van der Waals surface area contributed by atoms with Gasteiger partial charge in [0.25, 0.3) is 11.6 Å². The third kappa shape index (κ3) is 2.79. The molecule has 3 rings (SSSR count). The van der Waals surface area contributed by atoms with Crippen LogP contribution in [0.2, 0.25) is 0 Å². The maximum atomic E-state index is 13.0. The molecule has 1 aliphatic heterocycles. The zero-order valence-electron chi connectivity index (χ0n) is 14.4. The van der Waals surface area contributed by atoms with E-state index in [4.69, 9.17) is 5.73 Å². The Labute approximate surface area is 149 Å². The number of urea groups is 1. The Balaban J connectivity index is 1.92. The fourth-order valence-corrected chi connectivity index (χ4v) is 3.83. The molecule has 1 aliphatic carbocycles. The van der Waals surface area contributed by atoms with Crippen LogP contribution in [0.3, 0.4) is 0 Å². The molecule has 0 radical (unpaired) electrons. The lowest BCUT2D eigenvalue weighted by Gasteiger charge is -2.36. The number of nitrogens with one attached hydrogen (secondary N) is 1. The first-order valence-corrected chi connectivity index (χ1v) is 8.47. The minimum atomic E-state index is -0.919. The summed E-state index contributed by atoms with van der Waals surface area (Å²) in [6.07, 6.45) is 3.26. The summed E-state index contributed by atoms with van der Waals surface area (Å²) in [4.78, 5) is 48.3. The van der Waals surface area contributed by atoms with E-state index >= 15 is 0 Å². The smallest absolute Gasteiger partial charge is 0.325 e. The van der Waals surface area contributed by atoms with Crippen LogP contribution in [0.4, 0.5) is 10.5 Å². The Morgan fingerprint density at radius 3 is 2.77 bits per heavy atom. The van der Waals surface area contributed by atoms with E-state index in [1.54, 1.807) is 0 Å². The first-order valence-electron chi connectivity index (χ1n) is 8.47. The fraction of sp³-hybridized carbons (Fsp3) is 0.471. The van der Waals surface area contributed by atoms with E-state index in [0.717, 1.165) is 30.2 Å². The van der Waals surface area contributed by atoms with Crippen molar-refractivity contribution in [1.82, 2.24) is 10.2 Å². The standard InChI is InChI=1S/C17H20N4O5/c1-10-4-2-3-7-17(10)15(23)20(16(24)19-17)9-12-6-5-11(14(18)22)8-13(12)21(25)26/h5-6,8,10H,2-4,7,9H2,1H3,(H2,18,22)(H,19,24)/t10-,17+/m1/s1. The molecule has 3 N–H and O–H groups in total. The normalized spacial score (nSPS) is 25.4. The molecular formula is C17H20N4O5. The molecule has 1 saturated heterocycles. The number of carbonyl (C=O) groups excluding carboxylic acids is 3. The van der Waals surface area contributed by atoms with Crippen molar-refractivity contribution in [3.63, 3.8) is 0 Å². The van der Waals surface area contributed by atoms with E-state index < -0.39 is 22.4 Å². The SMILES string of the molecule is C[C@@H]1CCCC[C@]12NC(=O)N(Cc1ccc(C(N)=O)cc1[N+](=O)[O-])C2=O. The molecule has 9 nitrogen and oxygen atoms in total. The van der Waals surface area contributed by atoms with E-state index in [1.807, 2.05) is 6.92 Å². The molecule has 0 aromatic heterocycles. The van der Waals surface area contributed by atoms with E-state index in [1.165, 1.54) is 12.1 Å². The number of nitrogens with zero attached hydrogens (tertiary/aromatic N) is 2. The number of nitro groups is 1. The zero-order chi connectivity index (χ0) is 19.1. The lowest BCUT2D eigenvalue weighted by molar-refractivity contribution is -0.385. The number of hydrogen-bond acceptors (Lipinski definition) is 5. The van der Waals surface area contributed by atoms with Crippen LogP contribution >= 0.6 is 0 Å². The number of nitrogens with two attached hydrogens (primary N) is 1. The molecule has 0 unspecified atom stereocenters. The van der Waals surface area contributed by atoms with Gasteiger partial charge in [-0.1, -0.05) is 19.8 Å². The van der Waals surface area contributed by atoms with Gasteiger partial charge in [-0.25, -0.2) is 4.79 Å². The first kappa shape index (κ1) is 17.8. The van der Waals surface area contributed by atoms with E-state index in [2.05, 4.69) is 5.32 Å². The molecule has 1 spiro atoms. The number of primary amides is 1. The van der Waals surface area contributed by atoms with Crippen LogP contribution in [0, 0.1) is 16.0 Å². The van der Waals surface area contributed by atoms with Crippen LogP contribution in [-0.4, -0.2) is 33.2 Å². The van der Waals surface area contributed by atoms with Crippen LogP contribution in [-0.2, 0) is 11.3 Å². The van der Waals surface area contributed by atoms with Crippen molar-refractivity contribution < 1.29 is 19.3 Å². The molecule has 2 aliphatic rings. The molecule has 0 bridgehead atoms. The van der Waals surface area contributed by atoms with Crippen LogP contribution < -0.4 is 11.1 Å². The van der Waals surface area contributed by atoms with Gasteiger partial charge in [0.2, 0.25) is 5.91 Å². The zero-order valence-corrected chi connectivity index (χ0v) is 14.4. The summed E-state index contributed by atoms with van der Waals surface area (Å²) >= 11 is 0. The maximum Gasteiger partial charge on any atom is 0.325 e. The van der Waals surface area contributed by atoms with E-state index in [9.17, 15) is 24.5 Å². The third-order valence-electron chi connectivity index (χ3n) is 5.40. The van der Waals surface area contributed by atoms with Gasteiger partial charge in [-0.15, -0.1) is 0 Å². The van der Waals surface area contributed by atoms with Crippen molar-refractivity contribution in [2.75, 3.05) is 0 Å². The number of amides is 4. The van der Waals surface area contributed by atoms with Crippen molar-refractivity contribution in [3.8, 4) is 0 Å². The number of hydrogen-bond donors (Lipinski definition) is 2. The highest BCUT2D eigenvalue weighted by Gasteiger charge is 2.54. The van der Waals surface area contributed by atoms with Crippen LogP contribution in [0.15, 0.2) is 18.2 Å². The summed E-state index contributed by atoms with van der Waals surface area (Å²) in [6.45, 7) is 1.71. The molecule has 1 saturated carbocycles. The largest absolute Gasteiger partial charge is 0.366 e. The molecule has 2 atom stereocenters. The summed E-state index contributed by atoms with van der Waals surface area (Å²) in [6, 6.07) is 3.22. The minimum absolute atomic E-state index is 0.00456. The highest BCUT2D eigenvalue weighted by atomic mass is 16.6. The van der Waals surface area contributed by atoms with Gasteiger partial charge < -0.3 is 11.1 Å². The molecular weight excluding hydrogens is 340 g/mol. The van der Waals surface area contributed by atoms with Crippen molar-refractivity contribution in [1.29, 1.82) is 0 Å². The van der Waals surface area contributed by atoms with Crippen LogP contribution in [0.5, 0.6) is 0 Å². The molecule has 1 aromatic carbocycles. The molecule has 26 heavy (non-hydrogen) atoms. The second kappa shape index (κ2) is 6.40. The Morgan fingerprint density at radius 2 is 2.15 bits per heavy atom. The summed E-state index contributed by atoms with van der Waals surface area (Å²) in [5.74, 6) is -1.13. The number of imide groups is 1. The van der Waals surface area contributed by atoms with Gasteiger partial charge in [-0.2, -0.15) is 0 Å². The average molecular weight is 360 g/mol. The lowest BCUT2D eigenvalue weighted by Crippen LogP contribution is -2.53. The number of nitro benzene ring substituents is 1. The van der Waals surface area contributed by atoms with Gasteiger partial charge in [-0.05, 0) is 30.9 Å². The monoisotopic (exact) mass is 360 g/mol. The topological polar surface area (TPSA) is 136 Å². The average Bonchev–Trinajstić information content (AvgIpc) is 2.82. The van der Waals surface area contributed by atoms with Crippen LogP contribution in [0.25, 0.3) is 0 Å². The summed E-state index contributed by atoms with van der Waals surface area (Å²) < 4.78 is 0. The van der Waals surface area contributed by atoms with Gasteiger partial charge in [0.05, 0.1) is 11.5 Å². The van der Waals surface area contributed by atoms with Crippen molar-refractivity contribution >= 4 is 23.5 Å². The van der Waals surface area contributed by atoms with Crippen LogP contribution in [0.1, 0.15) is 48.5 Å². The number of benzene rings is 1. The Morgan fingerprint density at radius 1 is 1.42 bits per heavy atom. The second-order valence-corrected chi connectivity index (χ2v) is 6.90. The molecule has 138 valence electrons. The van der Waals surface area contributed by atoms with E-state index in [0.29, 0.717) is 6.42 Å². The number of carbonyl (C=O) groups is 3. The van der Waals surface area contributed by atoms with Gasteiger partial charge >= 0.3 is 6.03 Å². The fourth-order valence-electron chi connectivity index (χ4n) is 3.83. The quantitative estimate of drug-likeness (QED) is 0.478. The Bertz CT molecular complexity index is 808. The minimum Gasteiger partial charge on any atom is -0.366 e. The predicted octanol–water partition coefficient (Wildman–Crippen LogP) is 1.69. The lowest BCUT2D eigenvalue weighted by atomic mass is 9.73. The Hall–Kier alpha value is -2.97. The van der Waals surface area contributed by atoms with Gasteiger partial charge in [0.1, 0.15) is 5.54 Å². The summed E-state index contributed by atoms with van der Waals surface area (Å²) in [5, 5.41) is 14.1. The second-order valence-electron chi connectivity index (χ2n) is 6.90. The molecule has 1 heterocycles. The van der Waals surface area contributed by atoms with Crippen molar-refractivity contribution in [2.24, 2.45) is 11.7 Å². The summed E-state index contributed by atoms with van der Waals surface area (Å²) in [7, 11) is 0. The molecule has 2 fully saturated rings. The van der Waals surface area contributed by atoms with Crippen molar-refractivity contribution in [2.45, 2.75) is 44.7 Å². The predicted molar refractivity (Wildman–Crippen MR) is 91.1 cm³/mol. The highest BCUT2D eigenvalue weighted by Crippen LogP contribution is 2.39. The van der Waals surface area contributed by atoms with E-state index in [-0.39, 0.29) is 35.2 Å². The first-order chi connectivity index (χ1) is 12.3. The Kier molecular flexibility index (Phi) is 4.39. The highest BCUT2D eigenvalue weighted by molar-refractivity contribution is 6.07. The summed E-state index contributed by atoms with van der Waals surface area (Å²) in [5.41, 5.74) is 4.06. The molecule has 1 aromatic rings. The van der Waals surface area contributed by atoms with Gasteiger partial charge in [-0.3, -0.25) is 24.6 Å². The molecule has 4 amide bonds. The third-order valence-corrected chi connectivity index (χ3v) is 5.40.